The summed E-state index contributed by atoms with van der Waals surface area (Å²) in [6.45, 7) is 11.0. The van der Waals surface area contributed by atoms with Crippen molar-refractivity contribution < 1.29 is 4.79 Å². The summed E-state index contributed by atoms with van der Waals surface area (Å²) in [6, 6.07) is 0.361. The van der Waals surface area contributed by atoms with E-state index in [9.17, 15) is 4.79 Å². The van der Waals surface area contributed by atoms with E-state index >= 15 is 0 Å². The van der Waals surface area contributed by atoms with Crippen molar-refractivity contribution in [2.24, 2.45) is 5.41 Å². The zero-order valence-electron chi connectivity index (χ0n) is 10.5. The third-order valence-electron chi connectivity index (χ3n) is 3.61. The Bertz CT molecular complexity index is 222. The van der Waals surface area contributed by atoms with Crippen molar-refractivity contribution in [1.29, 1.82) is 0 Å². The van der Waals surface area contributed by atoms with E-state index in [0.29, 0.717) is 11.9 Å². The molecule has 0 aromatic rings. The first-order chi connectivity index (χ1) is 7.05. The van der Waals surface area contributed by atoms with Crippen molar-refractivity contribution >= 4 is 5.91 Å². The Hall–Kier alpha value is -0.570. The number of hydrogen-bond acceptors (Lipinski definition) is 2. The third kappa shape index (κ3) is 2.51. The molecule has 1 aliphatic heterocycles. The SMILES string of the molecule is CCC(C)N(CC)C(=O)C1(C)CCNC1. The van der Waals surface area contributed by atoms with Gasteiger partial charge in [-0.15, -0.1) is 0 Å². The standard InChI is InChI=1S/C12H24N2O/c1-5-10(3)14(6-2)11(15)12(4)7-8-13-9-12/h10,13H,5-9H2,1-4H3. The summed E-state index contributed by atoms with van der Waals surface area (Å²) in [5.74, 6) is 0.323. The summed E-state index contributed by atoms with van der Waals surface area (Å²) < 4.78 is 0. The second-order valence-electron chi connectivity index (χ2n) is 4.84. The van der Waals surface area contributed by atoms with Crippen molar-refractivity contribution in [3.05, 3.63) is 0 Å². The molecule has 1 fully saturated rings. The van der Waals surface area contributed by atoms with Gasteiger partial charge in [0, 0.05) is 19.1 Å². The highest BCUT2D eigenvalue weighted by Gasteiger charge is 2.39. The van der Waals surface area contributed by atoms with Crippen molar-refractivity contribution in [3.63, 3.8) is 0 Å². The Morgan fingerprint density at radius 3 is 2.60 bits per heavy atom. The van der Waals surface area contributed by atoms with Crippen LogP contribution in [0.25, 0.3) is 0 Å². The average molecular weight is 212 g/mol. The molecule has 0 aromatic heterocycles. The molecule has 15 heavy (non-hydrogen) atoms. The highest BCUT2D eigenvalue weighted by molar-refractivity contribution is 5.83. The molecule has 1 rings (SSSR count). The van der Waals surface area contributed by atoms with Gasteiger partial charge in [0.1, 0.15) is 0 Å². The van der Waals surface area contributed by atoms with Crippen LogP contribution in [0.3, 0.4) is 0 Å². The third-order valence-corrected chi connectivity index (χ3v) is 3.61. The Morgan fingerprint density at radius 2 is 2.20 bits per heavy atom. The molecule has 1 saturated heterocycles. The van der Waals surface area contributed by atoms with Crippen LogP contribution in [-0.2, 0) is 4.79 Å². The fourth-order valence-electron chi connectivity index (χ4n) is 2.22. The van der Waals surface area contributed by atoms with E-state index < -0.39 is 0 Å². The smallest absolute Gasteiger partial charge is 0.230 e. The van der Waals surface area contributed by atoms with Crippen LogP contribution in [0.5, 0.6) is 0 Å². The zero-order chi connectivity index (χ0) is 11.5. The van der Waals surface area contributed by atoms with Gasteiger partial charge in [-0.3, -0.25) is 4.79 Å². The summed E-state index contributed by atoms with van der Waals surface area (Å²) in [5, 5.41) is 3.28. The van der Waals surface area contributed by atoms with Crippen LogP contribution in [0, 0.1) is 5.41 Å². The molecular weight excluding hydrogens is 188 g/mol. The molecule has 1 aliphatic rings. The molecule has 0 saturated carbocycles. The van der Waals surface area contributed by atoms with Crippen LogP contribution in [0.4, 0.5) is 0 Å². The predicted molar refractivity (Wildman–Crippen MR) is 62.7 cm³/mol. The number of amides is 1. The number of rotatable bonds is 4. The Kier molecular flexibility index (Phi) is 4.14. The fourth-order valence-corrected chi connectivity index (χ4v) is 2.22. The maximum atomic E-state index is 12.4. The van der Waals surface area contributed by atoms with Crippen LogP contribution in [0.15, 0.2) is 0 Å². The van der Waals surface area contributed by atoms with Crippen LogP contribution < -0.4 is 5.32 Å². The first-order valence-corrected chi connectivity index (χ1v) is 6.07. The van der Waals surface area contributed by atoms with E-state index in [1.807, 2.05) is 4.90 Å². The molecule has 88 valence electrons. The molecule has 3 nitrogen and oxygen atoms in total. The van der Waals surface area contributed by atoms with Crippen LogP contribution in [-0.4, -0.2) is 36.5 Å². The van der Waals surface area contributed by atoms with Gasteiger partial charge in [-0.2, -0.15) is 0 Å². The molecule has 0 bridgehead atoms. The van der Waals surface area contributed by atoms with Crippen LogP contribution in [0.1, 0.15) is 40.5 Å². The largest absolute Gasteiger partial charge is 0.340 e. The summed E-state index contributed by atoms with van der Waals surface area (Å²) in [5.41, 5.74) is -0.167. The number of carbonyl (C=O) groups excluding carboxylic acids is 1. The minimum Gasteiger partial charge on any atom is -0.340 e. The summed E-state index contributed by atoms with van der Waals surface area (Å²) in [4.78, 5) is 14.4. The summed E-state index contributed by atoms with van der Waals surface area (Å²) in [6.07, 6.45) is 2.00. The minimum absolute atomic E-state index is 0.167. The molecule has 3 heteroatoms. The Balaban J connectivity index is 2.71. The van der Waals surface area contributed by atoms with E-state index in [1.165, 1.54) is 0 Å². The lowest BCUT2D eigenvalue weighted by Gasteiger charge is -2.34. The maximum absolute atomic E-state index is 12.4. The topological polar surface area (TPSA) is 32.3 Å². The van der Waals surface area contributed by atoms with Gasteiger partial charge in [0.15, 0.2) is 0 Å². The molecule has 0 radical (unpaired) electrons. The highest BCUT2D eigenvalue weighted by atomic mass is 16.2. The van der Waals surface area contributed by atoms with Gasteiger partial charge in [0.05, 0.1) is 5.41 Å². The Labute approximate surface area is 93.2 Å². The number of carbonyl (C=O) groups is 1. The van der Waals surface area contributed by atoms with Gasteiger partial charge < -0.3 is 10.2 Å². The van der Waals surface area contributed by atoms with Gasteiger partial charge >= 0.3 is 0 Å². The summed E-state index contributed by atoms with van der Waals surface area (Å²) in [7, 11) is 0. The lowest BCUT2D eigenvalue weighted by Crippen LogP contribution is -2.47. The minimum atomic E-state index is -0.167. The van der Waals surface area contributed by atoms with Gasteiger partial charge in [-0.25, -0.2) is 0 Å². The van der Waals surface area contributed by atoms with E-state index in [1.54, 1.807) is 0 Å². The molecule has 0 spiro atoms. The first-order valence-electron chi connectivity index (χ1n) is 6.07. The molecule has 2 atom stereocenters. The number of nitrogens with one attached hydrogen (secondary N) is 1. The van der Waals surface area contributed by atoms with Gasteiger partial charge in [0.2, 0.25) is 5.91 Å². The van der Waals surface area contributed by atoms with E-state index in [0.717, 1.165) is 32.5 Å². The van der Waals surface area contributed by atoms with Crippen molar-refractivity contribution in [1.82, 2.24) is 10.2 Å². The maximum Gasteiger partial charge on any atom is 0.230 e. The lowest BCUT2D eigenvalue weighted by atomic mass is 9.87. The normalized spacial score (nSPS) is 27.7. The lowest BCUT2D eigenvalue weighted by molar-refractivity contribution is -0.142. The quantitative estimate of drug-likeness (QED) is 0.768. The molecule has 1 amide bonds. The van der Waals surface area contributed by atoms with E-state index in [-0.39, 0.29) is 5.41 Å². The van der Waals surface area contributed by atoms with Crippen LogP contribution >= 0.6 is 0 Å². The molecule has 1 N–H and O–H groups in total. The Morgan fingerprint density at radius 1 is 1.53 bits per heavy atom. The number of nitrogens with zero attached hydrogens (tertiary/aromatic N) is 1. The molecule has 2 unspecified atom stereocenters. The monoisotopic (exact) mass is 212 g/mol. The van der Waals surface area contributed by atoms with Crippen molar-refractivity contribution in [3.8, 4) is 0 Å². The molecular formula is C12H24N2O. The second kappa shape index (κ2) is 4.97. The predicted octanol–water partition coefficient (Wildman–Crippen LogP) is 1.63. The molecule has 1 heterocycles. The molecule has 0 aromatic carbocycles. The summed E-state index contributed by atoms with van der Waals surface area (Å²) >= 11 is 0. The second-order valence-corrected chi connectivity index (χ2v) is 4.84. The highest BCUT2D eigenvalue weighted by Crippen LogP contribution is 2.28. The van der Waals surface area contributed by atoms with Crippen LogP contribution in [0.2, 0.25) is 0 Å². The zero-order valence-corrected chi connectivity index (χ0v) is 10.5. The van der Waals surface area contributed by atoms with E-state index in [4.69, 9.17) is 0 Å². The fraction of sp³-hybridized carbons (Fsp3) is 0.917. The average Bonchev–Trinajstić information content (AvgIpc) is 2.67. The molecule has 0 aliphatic carbocycles. The van der Waals surface area contributed by atoms with E-state index in [2.05, 4.69) is 33.0 Å². The van der Waals surface area contributed by atoms with Gasteiger partial charge in [-0.05, 0) is 40.2 Å². The van der Waals surface area contributed by atoms with Crippen molar-refractivity contribution in [2.45, 2.75) is 46.6 Å². The van der Waals surface area contributed by atoms with Gasteiger partial charge in [0.25, 0.3) is 0 Å². The number of hydrogen-bond donors (Lipinski definition) is 1. The first kappa shape index (κ1) is 12.5. The van der Waals surface area contributed by atoms with Gasteiger partial charge in [-0.1, -0.05) is 6.92 Å². The van der Waals surface area contributed by atoms with Crippen molar-refractivity contribution in [2.75, 3.05) is 19.6 Å².